The highest BCUT2D eigenvalue weighted by atomic mass is 35.5. The normalized spacial score (nSPS) is 10.9. The minimum atomic E-state index is -0.155. The molecule has 7 heteroatoms. The van der Waals surface area contributed by atoms with Crippen LogP contribution in [-0.2, 0) is 11.3 Å². The van der Waals surface area contributed by atoms with Crippen LogP contribution in [0.25, 0.3) is 11.0 Å². The molecule has 1 aromatic carbocycles. The summed E-state index contributed by atoms with van der Waals surface area (Å²) >= 11 is 7.24. The van der Waals surface area contributed by atoms with E-state index in [1.54, 1.807) is 0 Å². The molecular weight excluding hydrogens is 296 g/mol. The first kappa shape index (κ1) is 13.1. The van der Waals surface area contributed by atoms with Crippen LogP contribution in [0, 0.1) is 0 Å². The van der Waals surface area contributed by atoms with E-state index < -0.39 is 0 Å². The molecule has 3 rings (SSSR count). The first-order chi connectivity index (χ1) is 9.63. The number of carbonyl (C=O) groups excluding carboxylic acids is 1. The first-order valence-corrected chi connectivity index (χ1v) is 7.22. The number of carbonyl (C=O) groups is 1. The van der Waals surface area contributed by atoms with E-state index >= 15 is 0 Å². The Morgan fingerprint density at radius 3 is 2.90 bits per heavy atom. The van der Waals surface area contributed by atoms with E-state index in [1.165, 1.54) is 18.3 Å². The lowest BCUT2D eigenvalue weighted by atomic mass is 10.3. The molecule has 2 heterocycles. The number of anilines is 1. The van der Waals surface area contributed by atoms with Crippen molar-refractivity contribution in [2.75, 3.05) is 5.32 Å². The molecule has 0 bridgehead atoms. The van der Waals surface area contributed by atoms with E-state index in [2.05, 4.69) is 15.3 Å². The summed E-state index contributed by atoms with van der Waals surface area (Å²) in [5, 5.41) is 4.64. The highest BCUT2D eigenvalue weighted by Gasteiger charge is 2.13. The number of hydrogen-bond acceptors (Lipinski definition) is 4. The molecule has 1 N–H and O–H groups in total. The van der Waals surface area contributed by atoms with E-state index in [9.17, 15) is 4.79 Å². The van der Waals surface area contributed by atoms with E-state index in [-0.39, 0.29) is 5.91 Å². The number of thiazole rings is 1. The molecule has 0 aliphatic carbocycles. The number of imidazole rings is 1. The van der Waals surface area contributed by atoms with Gasteiger partial charge >= 0.3 is 0 Å². The number of fused-ring (bicyclic) bond motifs is 1. The van der Waals surface area contributed by atoms with E-state index in [4.69, 9.17) is 11.6 Å². The van der Waals surface area contributed by atoms with Crippen LogP contribution in [0.15, 0.2) is 29.6 Å². The topological polar surface area (TPSA) is 59.8 Å². The highest BCUT2D eigenvalue weighted by Crippen LogP contribution is 2.23. The van der Waals surface area contributed by atoms with Crippen LogP contribution in [0.1, 0.15) is 12.6 Å². The summed E-state index contributed by atoms with van der Waals surface area (Å²) in [5.41, 5.74) is 2.62. The molecule has 0 radical (unpaired) electrons. The minimum absolute atomic E-state index is 0.155. The molecule has 0 saturated carbocycles. The molecular formula is C13H11ClN4OS. The number of nitrogens with one attached hydrogen (secondary N) is 1. The van der Waals surface area contributed by atoms with Gasteiger partial charge < -0.3 is 4.57 Å². The zero-order valence-corrected chi connectivity index (χ0v) is 12.2. The second-order valence-corrected chi connectivity index (χ2v) is 5.72. The third-order valence-corrected chi connectivity index (χ3v) is 3.81. The van der Waals surface area contributed by atoms with Crippen molar-refractivity contribution in [3.63, 3.8) is 0 Å². The molecule has 0 spiro atoms. The van der Waals surface area contributed by atoms with Crippen LogP contribution >= 0.6 is 22.9 Å². The Bertz CT molecular complexity index is 780. The van der Waals surface area contributed by atoms with E-state index in [0.29, 0.717) is 17.0 Å². The SMILES string of the molecule is CC(=O)Nc1nc2ccccc2n1Cc1csc(Cl)n1. The van der Waals surface area contributed by atoms with Gasteiger partial charge in [-0.05, 0) is 12.1 Å². The highest BCUT2D eigenvalue weighted by molar-refractivity contribution is 7.13. The van der Waals surface area contributed by atoms with Gasteiger partial charge in [-0.2, -0.15) is 0 Å². The number of benzene rings is 1. The molecule has 0 saturated heterocycles. The van der Waals surface area contributed by atoms with Crippen molar-refractivity contribution in [1.82, 2.24) is 14.5 Å². The van der Waals surface area contributed by atoms with Gasteiger partial charge in [0.25, 0.3) is 0 Å². The lowest BCUT2D eigenvalue weighted by Crippen LogP contribution is -2.12. The maximum atomic E-state index is 11.3. The third kappa shape index (κ3) is 2.52. The summed E-state index contributed by atoms with van der Waals surface area (Å²) in [7, 11) is 0. The minimum Gasteiger partial charge on any atom is -0.304 e. The van der Waals surface area contributed by atoms with Crippen LogP contribution in [0.5, 0.6) is 0 Å². The molecule has 0 fully saturated rings. The van der Waals surface area contributed by atoms with Gasteiger partial charge in [0, 0.05) is 12.3 Å². The van der Waals surface area contributed by atoms with Crippen LogP contribution in [0.2, 0.25) is 4.47 Å². The van der Waals surface area contributed by atoms with Crippen molar-refractivity contribution in [1.29, 1.82) is 0 Å². The zero-order valence-electron chi connectivity index (χ0n) is 10.6. The van der Waals surface area contributed by atoms with Gasteiger partial charge in [0.15, 0.2) is 4.47 Å². The van der Waals surface area contributed by atoms with Crippen LogP contribution in [0.3, 0.4) is 0 Å². The molecule has 102 valence electrons. The molecule has 3 aromatic rings. The second-order valence-electron chi connectivity index (χ2n) is 4.28. The Balaban J connectivity index is 2.08. The summed E-state index contributed by atoms with van der Waals surface area (Å²) in [6, 6.07) is 7.72. The summed E-state index contributed by atoms with van der Waals surface area (Å²) in [5.74, 6) is 0.362. The Morgan fingerprint density at radius 1 is 1.40 bits per heavy atom. The Labute approximate surface area is 124 Å². The number of para-hydroxylation sites is 2. The molecule has 0 aliphatic heterocycles. The fourth-order valence-corrected chi connectivity index (χ4v) is 2.78. The van der Waals surface area contributed by atoms with Crippen LogP contribution in [0.4, 0.5) is 5.95 Å². The standard InChI is InChI=1S/C13H11ClN4OS/c1-8(19)15-13-17-10-4-2-3-5-11(10)18(13)6-9-7-20-12(14)16-9/h2-5,7H,6H2,1H3,(H,15,17,19). The third-order valence-electron chi connectivity index (χ3n) is 2.79. The predicted molar refractivity (Wildman–Crippen MR) is 80.3 cm³/mol. The molecule has 0 unspecified atom stereocenters. The van der Waals surface area contributed by atoms with Crippen molar-refractivity contribution in [2.45, 2.75) is 13.5 Å². The van der Waals surface area contributed by atoms with Crippen molar-refractivity contribution < 1.29 is 4.79 Å². The number of halogens is 1. The van der Waals surface area contributed by atoms with Gasteiger partial charge in [0.1, 0.15) is 0 Å². The van der Waals surface area contributed by atoms with Gasteiger partial charge in [-0.15, -0.1) is 11.3 Å². The van der Waals surface area contributed by atoms with Crippen LogP contribution in [-0.4, -0.2) is 20.4 Å². The lowest BCUT2D eigenvalue weighted by molar-refractivity contribution is -0.114. The summed E-state index contributed by atoms with van der Waals surface area (Å²) < 4.78 is 2.42. The van der Waals surface area contributed by atoms with Crippen molar-refractivity contribution in [3.8, 4) is 0 Å². The fourth-order valence-electron chi connectivity index (χ4n) is 2.01. The average Bonchev–Trinajstić information content (AvgIpc) is 2.95. The van der Waals surface area contributed by atoms with Gasteiger partial charge in [-0.3, -0.25) is 10.1 Å². The number of nitrogens with zero attached hydrogens (tertiary/aromatic N) is 3. The monoisotopic (exact) mass is 306 g/mol. The quantitative estimate of drug-likeness (QED) is 0.808. The maximum Gasteiger partial charge on any atom is 0.223 e. The number of rotatable bonds is 3. The summed E-state index contributed by atoms with van der Waals surface area (Å²) in [6.45, 7) is 1.97. The molecule has 2 aromatic heterocycles. The second kappa shape index (κ2) is 5.22. The summed E-state index contributed by atoms with van der Waals surface area (Å²) in [4.78, 5) is 20.0. The van der Waals surface area contributed by atoms with Crippen LogP contribution < -0.4 is 5.32 Å². The zero-order chi connectivity index (χ0) is 14.1. The number of amides is 1. The van der Waals surface area contributed by atoms with Crippen molar-refractivity contribution >= 4 is 45.8 Å². The largest absolute Gasteiger partial charge is 0.304 e. The Morgan fingerprint density at radius 2 is 2.20 bits per heavy atom. The Kier molecular flexibility index (Phi) is 3.42. The molecule has 0 aliphatic rings. The molecule has 20 heavy (non-hydrogen) atoms. The first-order valence-electron chi connectivity index (χ1n) is 5.96. The molecule has 5 nitrogen and oxygen atoms in total. The van der Waals surface area contributed by atoms with Crippen molar-refractivity contribution in [2.24, 2.45) is 0 Å². The van der Waals surface area contributed by atoms with E-state index in [0.717, 1.165) is 16.7 Å². The molecule has 0 atom stereocenters. The van der Waals surface area contributed by atoms with Crippen molar-refractivity contribution in [3.05, 3.63) is 39.8 Å². The number of aromatic nitrogens is 3. The van der Waals surface area contributed by atoms with Gasteiger partial charge in [0.05, 0.1) is 23.3 Å². The maximum absolute atomic E-state index is 11.3. The smallest absolute Gasteiger partial charge is 0.223 e. The van der Waals surface area contributed by atoms with Gasteiger partial charge in [-0.25, -0.2) is 9.97 Å². The van der Waals surface area contributed by atoms with Gasteiger partial charge in [0.2, 0.25) is 11.9 Å². The van der Waals surface area contributed by atoms with E-state index in [1.807, 2.05) is 34.2 Å². The van der Waals surface area contributed by atoms with Gasteiger partial charge in [-0.1, -0.05) is 23.7 Å². The average molecular weight is 307 g/mol. The Hall–Kier alpha value is -1.92. The lowest BCUT2D eigenvalue weighted by Gasteiger charge is -2.07. The molecule has 1 amide bonds. The fraction of sp³-hybridized carbons (Fsp3) is 0.154. The number of hydrogen-bond donors (Lipinski definition) is 1. The predicted octanol–water partition coefficient (Wildman–Crippen LogP) is 3.15. The summed E-state index contributed by atoms with van der Waals surface area (Å²) in [6.07, 6.45) is 0.